The molecule has 4 heterocycles. The van der Waals surface area contributed by atoms with E-state index < -0.39 is 10.8 Å². The van der Waals surface area contributed by atoms with E-state index in [1.54, 1.807) is 36.0 Å². The van der Waals surface area contributed by atoms with Gasteiger partial charge in [-0.3, -0.25) is 24.5 Å². The molecule has 1 atom stereocenters. The summed E-state index contributed by atoms with van der Waals surface area (Å²) in [4.78, 5) is 38.7. The van der Waals surface area contributed by atoms with E-state index in [4.69, 9.17) is 9.47 Å². The van der Waals surface area contributed by atoms with Crippen LogP contribution in [0.15, 0.2) is 114 Å². The number of piperazine rings is 1. The Hall–Kier alpha value is -6.38. The van der Waals surface area contributed by atoms with Gasteiger partial charge >= 0.3 is 0 Å². The molecule has 0 saturated carbocycles. The standard InChI is InChI=1S/C49H50FN7O5S/c1-31-4-8-33(9-5-31)42-27-49(2,3)16-14-35(42)29-55-18-20-56(21-19-55)38-12-13-41(44(24-38)62-39-23-34-15-17-51-47(34)52-28-39)48(58)54-63-40-25-43(57(59)60)46-45(26-40)61-30-37(53-46)22-32-6-10-36(50)11-7-32/h4-13,15,17,23-26,28,37,53H,14,16,18-22,27,29-30H2,1-3H3,(H,51,52)(H,54,58)/t37-/m0/s1. The van der Waals surface area contributed by atoms with E-state index in [-0.39, 0.29) is 35.3 Å². The van der Waals surface area contributed by atoms with Gasteiger partial charge in [0.05, 0.1) is 22.7 Å². The zero-order chi connectivity index (χ0) is 43.7. The molecular formula is C49H50FN7O5S. The van der Waals surface area contributed by atoms with Crippen molar-refractivity contribution >= 4 is 51.5 Å². The molecule has 1 aliphatic carbocycles. The normalized spacial score (nSPS) is 17.5. The largest absolute Gasteiger partial charge is 0.489 e. The minimum absolute atomic E-state index is 0.180. The molecule has 4 aromatic carbocycles. The number of carbonyl (C=O) groups excluding carboxylic acids is 1. The Bertz CT molecular complexity index is 2690. The van der Waals surface area contributed by atoms with Gasteiger partial charge in [-0.2, -0.15) is 0 Å². The molecule has 0 spiro atoms. The van der Waals surface area contributed by atoms with Crippen LogP contribution in [0.5, 0.6) is 17.2 Å². The van der Waals surface area contributed by atoms with E-state index in [0.29, 0.717) is 34.1 Å². The summed E-state index contributed by atoms with van der Waals surface area (Å²) in [5, 5.41) is 16.4. The number of allylic oxidation sites excluding steroid dienone is 1. The number of aromatic amines is 1. The maximum atomic E-state index is 14.0. The third-order valence-electron chi connectivity index (χ3n) is 12.2. The first kappa shape index (κ1) is 41.9. The number of nitro benzene ring substituents is 1. The topological polar surface area (TPSA) is 138 Å². The van der Waals surface area contributed by atoms with Crippen LogP contribution in [0.25, 0.3) is 16.6 Å². The Morgan fingerprint density at radius 2 is 1.83 bits per heavy atom. The summed E-state index contributed by atoms with van der Waals surface area (Å²) >= 11 is 0.957. The van der Waals surface area contributed by atoms with Gasteiger partial charge in [0.15, 0.2) is 11.4 Å². The second-order valence-electron chi connectivity index (χ2n) is 17.5. The number of carbonyl (C=O) groups is 1. The first-order valence-corrected chi connectivity index (χ1v) is 22.2. The Morgan fingerprint density at radius 1 is 1.03 bits per heavy atom. The number of ether oxygens (including phenoxy) is 2. The molecule has 324 valence electrons. The summed E-state index contributed by atoms with van der Waals surface area (Å²) in [7, 11) is 0. The first-order valence-electron chi connectivity index (χ1n) is 21.4. The lowest BCUT2D eigenvalue weighted by Crippen LogP contribution is -2.47. The highest BCUT2D eigenvalue weighted by Crippen LogP contribution is 2.44. The van der Waals surface area contributed by atoms with Gasteiger partial charge in [0.25, 0.3) is 11.6 Å². The highest BCUT2D eigenvalue weighted by molar-refractivity contribution is 7.98. The summed E-state index contributed by atoms with van der Waals surface area (Å²) in [5.41, 5.74) is 8.85. The molecule has 0 radical (unpaired) electrons. The number of halogens is 1. The summed E-state index contributed by atoms with van der Waals surface area (Å²) < 4.78 is 28.8. The predicted octanol–water partition coefficient (Wildman–Crippen LogP) is 10.3. The monoisotopic (exact) mass is 867 g/mol. The van der Waals surface area contributed by atoms with E-state index in [2.05, 4.69) is 74.8 Å². The zero-order valence-electron chi connectivity index (χ0n) is 35.6. The number of benzene rings is 4. The summed E-state index contributed by atoms with van der Waals surface area (Å²) in [6, 6.07) is 27.3. The molecule has 1 amide bonds. The van der Waals surface area contributed by atoms with Crippen LogP contribution >= 0.6 is 11.9 Å². The van der Waals surface area contributed by atoms with E-state index in [1.165, 1.54) is 41.3 Å². The second-order valence-corrected chi connectivity index (χ2v) is 18.4. The molecule has 2 aromatic heterocycles. The molecule has 6 aromatic rings. The van der Waals surface area contributed by atoms with Gasteiger partial charge in [-0.1, -0.05) is 61.4 Å². The lowest BCUT2D eigenvalue weighted by Gasteiger charge is -2.39. The molecule has 1 fully saturated rings. The van der Waals surface area contributed by atoms with Crippen molar-refractivity contribution in [3.8, 4) is 17.2 Å². The molecule has 3 N–H and O–H groups in total. The Kier molecular flexibility index (Phi) is 11.8. The van der Waals surface area contributed by atoms with Crippen LogP contribution in [0.4, 0.5) is 21.5 Å². The lowest BCUT2D eigenvalue weighted by atomic mass is 9.72. The van der Waals surface area contributed by atoms with Crippen molar-refractivity contribution in [1.82, 2.24) is 19.6 Å². The highest BCUT2D eigenvalue weighted by Gasteiger charge is 2.31. The van der Waals surface area contributed by atoms with Crippen LogP contribution in [0.1, 0.15) is 60.2 Å². The number of anilines is 2. The van der Waals surface area contributed by atoms with Crippen LogP contribution in [0, 0.1) is 28.3 Å². The molecule has 14 heteroatoms. The van der Waals surface area contributed by atoms with Crippen molar-refractivity contribution in [1.29, 1.82) is 0 Å². The van der Waals surface area contributed by atoms with Crippen LogP contribution < -0.4 is 24.4 Å². The number of aromatic nitrogens is 2. The highest BCUT2D eigenvalue weighted by atomic mass is 32.2. The quantitative estimate of drug-likeness (QED) is 0.0619. The third-order valence-corrected chi connectivity index (χ3v) is 13.0. The fourth-order valence-corrected chi connectivity index (χ4v) is 9.39. The lowest BCUT2D eigenvalue weighted by molar-refractivity contribution is -0.384. The second kappa shape index (κ2) is 17.8. The van der Waals surface area contributed by atoms with Gasteiger partial charge in [0, 0.05) is 67.0 Å². The SMILES string of the molecule is Cc1ccc(C2=C(CN3CCN(c4ccc(C(=O)NSc5cc6c(c([N+](=O)[O-])c5)N[C@@H](Cc5ccc(F)cc5)CO6)c(Oc5cnc6[nH]ccc6c5)c4)CC3)CCC(C)(C)C2)cc1. The Balaban J connectivity index is 0.908. The Labute approximate surface area is 370 Å². The van der Waals surface area contributed by atoms with E-state index in [0.717, 1.165) is 79.8 Å². The zero-order valence-corrected chi connectivity index (χ0v) is 36.4. The van der Waals surface area contributed by atoms with Gasteiger partial charge < -0.3 is 24.7 Å². The number of nitrogens with one attached hydrogen (secondary N) is 3. The van der Waals surface area contributed by atoms with Gasteiger partial charge in [-0.15, -0.1) is 0 Å². The first-order chi connectivity index (χ1) is 30.4. The van der Waals surface area contributed by atoms with Crippen molar-refractivity contribution in [2.75, 3.05) is 49.5 Å². The predicted molar refractivity (Wildman–Crippen MR) is 246 cm³/mol. The fourth-order valence-electron chi connectivity index (χ4n) is 8.73. The Morgan fingerprint density at radius 3 is 2.60 bits per heavy atom. The third kappa shape index (κ3) is 9.67. The molecule has 0 unspecified atom stereocenters. The van der Waals surface area contributed by atoms with Crippen LogP contribution in [-0.4, -0.2) is 71.1 Å². The van der Waals surface area contributed by atoms with Crippen molar-refractivity contribution in [2.45, 2.75) is 57.4 Å². The number of fused-ring (bicyclic) bond motifs is 2. The summed E-state index contributed by atoms with van der Waals surface area (Å²) in [5.74, 6) is 0.380. The molecule has 63 heavy (non-hydrogen) atoms. The smallest absolute Gasteiger partial charge is 0.297 e. The average Bonchev–Trinajstić information content (AvgIpc) is 3.75. The molecule has 1 saturated heterocycles. The van der Waals surface area contributed by atoms with Crippen LogP contribution in [0.3, 0.4) is 0 Å². The number of nitro groups is 1. The number of aryl methyl sites for hydroxylation is 1. The number of amides is 1. The van der Waals surface area contributed by atoms with Gasteiger partial charge in [-0.05, 0) is 109 Å². The summed E-state index contributed by atoms with van der Waals surface area (Å²) in [6.45, 7) is 11.5. The number of rotatable bonds is 12. The number of pyridine rings is 1. The summed E-state index contributed by atoms with van der Waals surface area (Å²) in [6.07, 6.45) is 7.30. The van der Waals surface area contributed by atoms with E-state index >= 15 is 0 Å². The number of hydrogen-bond acceptors (Lipinski definition) is 10. The molecule has 12 nitrogen and oxygen atoms in total. The minimum Gasteiger partial charge on any atom is -0.489 e. The van der Waals surface area contributed by atoms with E-state index in [1.807, 2.05) is 30.5 Å². The number of nitrogens with zero attached hydrogens (tertiary/aromatic N) is 4. The van der Waals surface area contributed by atoms with Gasteiger partial charge in [0.1, 0.15) is 29.6 Å². The minimum atomic E-state index is -0.474. The van der Waals surface area contributed by atoms with Crippen molar-refractivity contribution < 1.29 is 23.6 Å². The molecule has 2 aliphatic heterocycles. The average molecular weight is 868 g/mol. The van der Waals surface area contributed by atoms with Crippen molar-refractivity contribution in [2.24, 2.45) is 5.41 Å². The van der Waals surface area contributed by atoms with E-state index in [9.17, 15) is 19.3 Å². The maximum absolute atomic E-state index is 14.0. The fraction of sp³-hybridized carbons (Fsp3) is 0.306. The molecule has 3 aliphatic rings. The molecule has 9 rings (SSSR count). The van der Waals surface area contributed by atoms with Crippen LogP contribution in [-0.2, 0) is 6.42 Å². The maximum Gasteiger partial charge on any atom is 0.297 e. The van der Waals surface area contributed by atoms with Crippen LogP contribution in [0.2, 0.25) is 0 Å². The van der Waals surface area contributed by atoms with Gasteiger partial charge in [0.2, 0.25) is 0 Å². The van der Waals surface area contributed by atoms with Gasteiger partial charge in [-0.25, -0.2) is 9.37 Å². The van der Waals surface area contributed by atoms with Crippen molar-refractivity contribution in [3.05, 3.63) is 147 Å². The molecule has 0 bridgehead atoms. The number of hydrogen-bond donors (Lipinski definition) is 3. The number of H-pyrrole nitrogens is 1. The molecular weight excluding hydrogens is 818 g/mol. The van der Waals surface area contributed by atoms with Crippen molar-refractivity contribution in [3.63, 3.8) is 0 Å².